The Morgan fingerprint density at radius 2 is 1.88 bits per heavy atom. The number of nitrogens with one attached hydrogen (secondary N) is 1. The van der Waals surface area contributed by atoms with E-state index in [-0.39, 0.29) is 36.5 Å². The van der Waals surface area contributed by atoms with Gasteiger partial charge in [-0.05, 0) is 36.8 Å². The first kappa shape index (κ1) is 25.9. The fourth-order valence-electron chi connectivity index (χ4n) is 3.84. The summed E-state index contributed by atoms with van der Waals surface area (Å²) in [4.78, 5) is 28.8. The highest BCUT2D eigenvalue weighted by molar-refractivity contribution is 7.89. The second-order valence-corrected chi connectivity index (χ2v) is 10.5. The molecule has 1 heterocycles. The Morgan fingerprint density at radius 1 is 1.18 bits per heavy atom. The highest BCUT2D eigenvalue weighted by atomic mass is 35.5. The summed E-state index contributed by atoms with van der Waals surface area (Å²) < 4.78 is 43.3. The maximum atomic E-state index is 13.1. The van der Waals surface area contributed by atoms with Crippen molar-refractivity contribution in [3.63, 3.8) is 0 Å². The van der Waals surface area contributed by atoms with Crippen molar-refractivity contribution < 1.29 is 27.1 Å². The van der Waals surface area contributed by atoms with Crippen LogP contribution in [0.3, 0.4) is 0 Å². The van der Waals surface area contributed by atoms with Gasteiger partial charge >= 0.3 is 0 Å². The number of hydrogen-bond acceptors (Lipinski definition) is 6. The number of rotatable bonds is 8. The number of ether oxygens (including phenoxy) is 1. The van der Waals surface area contributed by atoms with Gasteiger partial charge < -0.3 is 9.64 Å². The van der Waals surface area contributed by atoms with E-state index in [1.165, 1.54) is 18.2 Å². The minimum atomic E-state index is -3.69. The highest BCUT2D eigenvalue weighted by Gasteiger charge is 2.28. The molecule has 0 aromatic heterocycles. The summed E-state index contributed by atoms with van der Waals surface area (Å²) in [5, 5.41) is 0.359. The lowest BCUT2D eigenvalue weighted by atomic mass is 10.1. The van der Waals surface area contributed by atoms with Crippen LogP contribution in [0.5, 0.6) is 5.75 Å². The molecule has 1 fully saturated rings. The Balaban J connectivity index is 1.56. The summed E-state index contributed by atoms with van der Waals surface area (Å²) in [5.41, 5.74) is 1.42. The van der Waals surface area contributed by atoms with E-state index < -0.39 is 15.9 Å². The second kappa shape index (κ2) is 11.2. The van der Waals surface area contributed by atoms with Crippen LogP contribution in [-0.2, 0) is 32.6 Å². The summed E-state index contributed by atoms with van der Waals surface area (Å²) in [6.45, 7) is 4.23. The molecule has 2 aromatic rings. The van der Waals surface area contributed by atoms with Crippen LogP contribution in [0.2, 0.25) is 5.02 Å². The molecule has 0 radical (unpaired) electrons. The molecule has 184 valence electrons. The number of amides is 2. The van der Waals surface area contributed by atoms with E-state index in [1.54, 1.807) is 29.2 Å². The number of hydrogen-bond donors (Lipinski definition) is 1. The Labute approximate surface area is 203 Å². The molecule has 3 rings (SSSR count). The third kappa shape index (κ3) is 7.68. The molecule has 0 spiro atoms. The van der Waals surface area contributed by atoms with E-state index >= 15 is 0 Å². The molecule has 11 heteroatoms. The molecular formula is C23H27ClFN3O5S. The number of piperazine rings is 1. The molecular weight excluding hydrogens is 485 g/mol. The van der Waals surface area contributed by atoms with E-state index in [9.17, 15) is 22.4 Å². The first-order chi connectivity index (χ1) is 16.0. The topological polar surface area (TPSA) is 96.0 Å². The zero-order valence-corrected chi connectivity index (χ0v) is 20.5. The molecule has 2 aromatic carbocycles. The first-order valence-corrected chi connectivity index (χ1v) is 13.0. The number of benzene rings is 2. The van der Waals surface area contributed by atoms with Crippen molar-refractivity contribution in [2.24, 2.45) is 0 Å². The van der Waals surface area contributed by atoms with Crippen molar-refractivity contribution in [3.8, 4) is 5.75 Å². The lowest BCUT2D eigenvalue weighted by Gasteiger charge is -2.39. The third-order valence-electron chi connectivity index (χ3n) is 5.38. The van der Waals surface area contributed by atoms with Crippen molar-refractivity contribution in [3.05, 3.63) is 64.4 Å². The Hall–Kier alpha value is -2.69. The average molecular weight is 512 g/mol. The van der Waals surface area contributed by atoms with E-state index in [2.05, 4.69) is 4.90 Å². The van der Waals surface area contributed by atoms with Crippen LogP contribution in [0.4, 0.5) is 4.39 Å². The Kier molecular flexibility index (Phi) is 8.51. The molecule has 1 aliphatic heterocycles. The number of carbonyl (C=O) groups is 2. The Morgan fingerprint density at radius 3 is 2.53 bits per heavy atom. The van der Waals surface area contributed by atoms with Gasteiger partial charge in [-0.3, -0.25) is 19.2 Å². The van der Waals surface area contributed by atoms with Gasteiger partial charge in [-0.2, -0.15) is 0 Å². The fourth-order valence-corrected chi connectivity index (χ4v) is 4.49. The maximum Gasteiger partial charge on any atom is 0.260 e. The quantitative estimate of drug-likeness (QED) is 0.584. The highest BCUT2D eigenvalue weighted by Crippen LogP contribution is 2.24. The third-order valence-corrected chi connectivity index (χ3v) is 6.22. The van der Waals surface area contributed by atoms with E-state index in [4.69, 9.17) is 16.3 Å². The summed E-state index contributed by atoms with van der Waals surface area (Å²) in [6, 6.07) is 10.9. The molecule has 0 saturated carbocycles. The smallest absolute Gasteiger partial charge is 0.260 e. The predicted octanol–water partition coefficient (Wildman–Crippen LogP) is 2.21. The van der Waals surface area contributed by atoms with E-state index in [0.29, 0.717) is 36.8 Å². The van der Waals surface area contributed by atoms with Gasteiger partial charge in [0.05, 0.1) is 12.7 Å². The van der Waals surface area contributed by atoms with Crippen LogP contribution in [0.15, 0.2) is 42.5 Å². The zero-order chi connectivity index (χ0) is 24.9. The van der Waals surface area contributed by atoms with Gasteiger partial charge in [0.1, 0.15) is 11.6 Å². The van der Waals surface area contributed by atoms with Gasteiger partial charge in [0.15, 0.2) is 6.61 Å². The summed E-state index contributed by atoms with van der Waals surface area (Å²) in [7, 11) is -3.69. The van der Waals surface area contributed by atoms with Crippen LogP contribution in [-0.4, -0.2) is 68.6 Å². The molecule has 1 saturated heterocycles. The maximum absolute atomic E-state index is 13.1. The van der Waals surface area contributed by atoms with Crippen molar-refractivity contribution in [1.82, 2.24) is 14.5 Å². The molecule has 0 unspecified atom stereocenters. The van der Waals surface area contributed by atoms with Gasteiger partial charge in [0, 0.05) is 42.8 Å². The molecule has 1 atom stereocenters. The minimum absolute atomic E-state index is 0.0512. The molecule has 1 N–H and O–H groups in total. The first-order valence-electron chi connectivity index (χ1n) is 10.7. The van der Waals surface area contributed by atoms with Gasteiger partial charge in [-0.25, -0.2) is 12.8 Å². The second-order valence-electron chi connectivity index (χ2n) is 8.31. The number of carbonyl (C=O) groups excluding carboxylic acids is 2. The average Bonchev–Trinajstić information content (AvgIpc) is 2.74. The number of halogens is 2. The van der Waals surface area contributed by atoms with Crippen molar-refractivity contribution in [1.29, 1.82) is 0 Å². The SMILES string of the molecule is C[C@@H]1CN(Cc2ccc(F)cc2)CCN1C(=O)COc1cc(Cl)ccc1CC(=O)NS(C)(=O)=O. The van der Waals surface area contributed by atoms with Crippen LogP contribution in [0, 0.1) is 5.82 Å². The van der Waals surface area contributed by atoms with E-state index in [1.807, 2.05) is 11.6 Å². The molecule has 2 amide bonds. The van der Waals surface area contributed by atoms with Crippen molar-refractivity contribution >= 4 is 33.4 Å². The summed E-state index contributed by atoms with van der Waals surface area (Å²) >= 11 is 6.04. The van der Waals surface area contributed by atoms with Gasteiger partial charge in [-0.1, -0.05) is 29.8 Å². The van der Waals surface area contributed by atoms with E-state index in [0.717, 1.165) is 11.8 Å². The van der Waals surface area contributed by atoms with Crippen LogP contribution < -0.4 is 9.46 Å². The Bertz CT molecular complexity index is 1140. The van der Waals surface area contributed by atoms with Crippen molar-refractivity contribution in [2.45, 2.75) is 25.9 Å². The standard InChI is InChI=1S/C23H27ClFN3O5S/c1-16-13-27(14-17-3-7-20(25)8-4-17)9-10-28(16)23(30)15-33-21-12-19(24)6-5-18(21)11-22(29)26-34(2,31)32/h3-8,12,16H,9-11,13-15H2,1-2H3,(H,26,29)/t16-/m1/s1. The van der Waals surface area contributed by atoms with Crippen LogP contribution >= 0.6 is 11.6 Å². The van der Waals surface area contributed by atoms with Crippen molar-refractivity contribution in [2.75, 3.05) is 32.5 Å². The molecule has 34 heavy (non-hydrogen) atoms. The van der Waals surface area contributed by atoms with Gasteiger partial charge in [-0.15, -0.1) is 0 Å². The molecule has 1 aliphatic rings. The summed E-state index contributed by atoms with van der Waals surface area (Å²) in [5.74, 6) is -0.953. The lowest BCUT2D eigenvalue weighted by Crippen LogP contribution is -2.54. The number of sulfonamides is 1. The predicted molar refractivity (Wildman–Crippen MR) is 126 cm³/mol. The fraction of sp³-hybridized carbons (Fsp3) is 0.391. The minimum Gasteiger partial charge on any atom is -0.483 e. The zero-order valence-electron chi connectivity index (χ0n) is 19.0. The van der Waals surface area contributed by atoms with Gasteiger partial charge in [0.25, 0.3) is 5.91 Å². The van der Waals surface area contributed by atoms with Crippen LogP contribution in [0.1, 0.15) is 18.1 Å². The number of nitrogens with zero attached hydrogens (tertiary/aromatic N) is 2. The monoisotopic (exact) mass is 511 g/mol. The molecule has 0 bridgehead atoms. The van der Waals surface area contributed by atoms with Crippen LogP contribution in [0.25, 0.3) is 0 Å². The largest absolute Gasteiger partial charge is 0.483 e. The molecule has 8 nitrogen and oxygen atoms in total. The lowest BCUT2D eigenvalue weighted by molar-refractivity contribution is -0.138. The normalized spacial score (nSPS) is 16.8. The van der Waals surface area contributed by atoms with Gasteiger partial charge in [0.2, 0.25) is 15.9 Å². The summed E-state index contributed by atoms with van der Waals surface area (Å²) in [6.07, 6.45) is 0.648. The molecule has 0 aliphatic carbocycles.